The second-order valence-electron chi connectivity index (χ2n) is 7.59. The van der Waals surface area contributed by atoms with Crippen molar-refractivity contribution in [2.75, 3.05) is 36.4 Å². The van der Waals surface area contributed by atoms with Crippen LogP contribution in [0.1, 0.15) is 49.0 Å². The van der Waals surface area contributed by atoms with Crippen LogP contribution in [0.25, 0.3) is 0 Å². The minimum absolute atomic E-state index is 0.163. The number of carbonyl (C=O) groups excluding carboxylic acids is 2. The number of piperazine rings is 1. The minimum atomic E-state index is -0.163. The zero-order valence-electron chi connectivity index (χ0n) is 17.2. The summed E-state index contributed by atoms with van der Waals surface area (Å²) in [5.74, 6) is 0.427. The summed E-state index contributed by atoms with van der Waals surface area (Å²) in [5, 5.41) is 3.60. The molecule has 0 atom stereocenters. The van der Waals surface area contributed by atoms with Crippen molar-refractivity contribution in [3.8, 4) is 0 Å². The predicted octanol–water partition coefficient (Wildman–Crippen LogP) is 4.77. The standard InChI is InChI=1S/C23H28ClN3O2/c1-4-21(28)26-12-14-27(15-13-26)22-19(24)6-5-7-20(22)25-23(29)18-10-8-17(9-11-18)16(2)3/h5-11,16H,4,12-15H2,1-3H3,(H,25,29). The average molecular weight is 414 g/mol. The average Bonchev–Trinajstić information content (AvgIpc) is 2.73. The van der Waals surface area contributed by atoms with Crippen LogP contribution >= 0.6 is 11.6 Å². The van der Waals surface area contributed by atoms with Crippen molar-refractivity contribution in [1.29, 1.82) is 0 Å². The number of anilines is 2. The Bertz CT molecular complexity index is 872. The first-order chi connectivity index (χ1) is 13.9. The van der Waals surface area contributed by atoms with E-state index in [9.17, 15) is 9.59 Å². The van der Waals surface area contributed by atoms with E-state index < -0.39 is 0 Å². The molecule has 0 bridgehead atoms. The summed E-state index contributed by atoms with van der Waals surface area (Å²) in [6.45, 7) is 8.80. The Hall–Kier alpha value is -2.53. The lowest BCUT2D eigenvalue weighted by atomic mass is 10.0. The first-order valence-electron chi connectivity index (χ1n) is 10.1. The molecule has 0 aliphatic carbocycles. The van der Waals surface area contributed by atoms with Gasteiger partial charge in [-0.2, -0.15) is 0 Å². The van der Waals surface area contributed by atoms with Crippen molar-refractivity contribution in [2.45, 2.75) is 33.1 Å². The van der Waals surface area contributed by atoms with Gasteiger partial charge in [-0.15, -0.1) is 0 Å². The highest BCUT2D eigenvalue weighted by Gasteiger charge is 2.24. The van der Waals surface area contributed by atoms with Gasteiger partial charge in [-0.25, -0.2) is 0 Å². The Morgan fingerprint density at radius 2 is 1.69 bits per heavy atom. The molecule has 1 heterocycles. The fourth-order valence-electron chi connectivity index (χ4n) is 3.55. The van der Waals surface area contributed by atoms with Crippen LogP contribution in [0.5, 0.6) is 0 Å². The van der Waals surface area contributed by atoms with E-state index in [4.69, 9.17) is 11.6 Å². The fourth-order valence-corrected chi connectivity index (χ4v) is 3.85. The monoisotopic (exact) mass is 413 g/mol. The second kappa shape index (κ2) is 9.31. The molecule has 29 heavy (non-hydrogen) atoms. The van der Waals surface area contributed by atoms with E-state index in [0.29, 0.717) is 54.8 Å². The number of nitrogens with one attached hydrogen (secondary N) is 1. The van der Waals surface area contributed by atoms with E-state index in [2.05, 4.69) is 24.1 Å². The topological polar surface area (TPSA) is 52.7 Å². The number of hydrogen-bond donors (Lipinski definition) is 1. The summed E-state index contributed by atoms with van der Waals surface area (Å²) in [6, 6.07) is 13.2. The van der Waals surface area contributed by atoms with Gasteiger partial charge >= 0.3 is 0 Å². The van der Waals surface area contributed by atoms with Crippen LogP contribution in [0.3, 0.4) is 0 Å². The molecular formula is C23H28ClN3O2. The van der Waals surface area contributed by atoms with Crippen LogP contribution in [0.15, 0.2) is 42.5 Å². The van der Waals surface area contributed by atoms with Gasteiger partial charge in [-0.05, 0) is 35.7 Å². The number of carbonyl (C=O) groups is 2. The molecule has 2 aromatic rings. The molecule has 2 aromatic carbocycles. The number of hydrogen-bond acceptors (Lipinski definition) is 3. The normalized spacial score (nSPS) is 14.2. The van der Waals surface area contributed by atoms with Crippen molar-refractivity contribution in [3.05, 3.63) is 58.6 Å². The number of amides is 2. The van der Waals surface area contributed by atoms with Crippen LogP contribution in [-0.4, -0.2) is 42.9 Å². The van der Waals surface area contributed by atoms with Gasteiger partial charge < -0.3 is 15.1 Å². The van der Waals surface area contributed by atoms with Crippen molar-refractivity contribution in [2.24, 2.45) is 0 Å². The molecule has 5 nitrogen and oxygen atoms in total. The van der Waals surface area contributed by atoms with Gasteiger partial charge in [0.1, 0.15) is 0 Å². The molecule has 1 saturated heterocycles. The van der Waals surface area contributed by atoms with Crippen molar-refractivity contribution in [1.82, 2.24) is 4.90 Å². The summed E-state index contributed by atoms with van der Waals surface area (Å²) >= 11 is 6.50. The third-order valence-corrected chi connectivity index (χ3v) is 5.63. The summed E-state index contributed by atoms with van der Waals surface area (Å²) in [7, 11) is 0. The van der Waals surface area contributed by atoms with Crippen LogP contribution < -0.4 is 10.2 Å². The van der Waals surface area contributed by atoms with E-state index in [-0.39, 0.29) is 11.8 Å². The molecule has 0 spiro atoms. The SMILES string of the molecule is CCC(=O)N1CCN(c2c(Cl)cccc2NC(=O)c2ccc(C(C)C)cc2)CC1. The van der Waals surface area contributed by atoms with Gasteiger partial charge in [-0.3, -0.25) is 9.59 Å². The van der Waals surface area contributed by atoms with Crippen LogP contribution in [0.2, 0.25) is 5.02 Å². The molecule has 6 heteroatoms. The lowest BCUT2D eigenvalue weighted by Crippen LogP contribution is -2.48. The highest BCUT2D eigenvalue weighted by atomic mass is 35.5. The molecule has 0 unspecified atom stereocenters. The molecule has 1 fully saturated rings. The van der Waals surface area contributed by atoms with Gasteiger partial charge in [-0.1, -0.05) is 50.6 Å². The first-order valence-corrected chi connectivity index (χ1v) is 10.5. The summed E-state index contributed by atoms with van der Waals surface area (Å²) in [4.78, 5) is 28.7. The van der Waals surface area contributed by atoms with Gasteiger partial charge in [0.25, 0.3) is 5.91 Å². The molecule has 3 rings (SSSR count). The van der Waals surface area contributed by atoms with Crippen molar-refractivity contribution >= 4 is 34.8 Å². The summed E-state index contributed by atoms with van der Waals surface area (Å²) < 4.78 is 0. The van der Waals surface area contributed by atoms with Gasteiger partial charge in [0.05, 0.1) is 16.4 Å². The Balaban J connectivity index is 1.76. The largest absolute Gasteiger partial charge is 0.365 e. The zero-order valence-corrected chi connectivity index (χ0v) is 18.0. The molecular weight excluding hydrogens is 386 g/mol. The molecule has 2 amide bonds. The fraction of sp³-hybridized carbons (Fsp3) is 0.391. The minimum Gasteiger partial charge on any atom is -0.365 e. The number of halogens is 1. The molecule has 0 aromatic heterocycles. The number of nitrogens with zero attached hydrogens (tertiary/aromatic N) is 2. The molecule has 1 aliphatic heterocycles. The maximum atomic E-state index is 12.8. The molecule has 1 aliphatic rings. The van der Waals surface area contributed by atoms with Crippen LogP contribution in [0.4, 0.5) is 11.4 Å². The van der Waals surface area contributed by atoms with Crippen molar-refractivity contribution in [3.63, 3.8) is 0 Å². The third-order valence-electron chi connectivity index (χ3n) is 5.33. The van der Waals surface area contributed by atoms with Crippen LogP contribution in [0, 0.1) is 0 Å². The van der Waals surface area contributed by atoms with Crippen LogP contribution in [-0.2, 0) is 4.79 Å². The Labute approximate surface area is 177 Å². The van der Waals surface area contributed by atoms with E-state index in [0.717, 1.165) is 5.69 Å². The molecule has 154 valence electrons. The summed E-state index contributed by atoms with van der Waals surface area (Å²) in [6.07, 6.45) is 0.517. The van der Waals surface area contributed by atoms with Gasteiger partial charge in [0.2, 0.25) is 5.91 Å². The Morgan fingerprint density at radius 1 is 1.03 bits per heavy atom. The number of benzene rings is 2. The first kappa shape index (κ1) is 21.2. The Morgan fingerprint density at radius 3 is 2.28 bits per heavy atom. The maximum absolute atomic E-state index is 12.8. The van der Waals surface area contributed by atoms with E-state index >= 15 is 0 Å². The molecule has 0 saturated carbocycles. The highest BCUT2D eigenvalue weighted by molar-refractivity contribution is 6.34. The molecule has 0 radical (unpaired) electrons. The quantitative estimate of drug-likeness (QED) is 0.767. The highest BCUT2D eigenvalue weighted by Crippen LogP contribution is 2.35. The molecule has 1 N–H and O–H groups in total. The van der Waals surface area contributed by atoms with E-state index in [1.54, 1.807) is 0 Å². The predicted molar refractivity (Wildman–Crippen MR) is 119 cm³/mol. The smallest absolute Gasteiger partial charge is 0.255 e. The third kappa shape index (κ3) is 4.91. The van der Waals surface area contributed by atoms with E-state index in [1.807, 2.05) is 54.3 Å². The lowest BCUT2D eigenvalue weighted by Gasteiger charge is -2.37. The zero-order chi connectivity index (χ0) is 21.0. The maximum Gasteiger partial charge on any atom is 0.255 e. The van der Waals surface area contributed by atoms with Crippen molar-refractivity contribution < 1.29 is 9.59 Å². The number of rotatable bonds is 5. The van der Waals surface area contributed by atoms with Gasteiger partial charge in [0.15, 0.2) is 0 Å². The summed E-state index contributed by atoms with van der Waals surface area (Å²) in [5.41, 5.74) is 3.30. The van der Waals surface area contributed by atoms with E-state index in [1.165, 1.54) is 5.56 Å². The van der Waals surface area contributed by atoms with Gasteiger partial charge in [0, 0.05) is 38.2 Å². The lowest BCUT2D eigenvalue weighted by molar-refractivity contribution is -0.131. The number of para-hydroxylation sites is 1. The Kier molecular flexibility index (Phi) is 6.80. The second-order valence-corrected chi connectivity index (χ2v) is 8.00.